The third kappa shape index (κ3) is 2.37. The molecule has 1 aliphatic rings. The van der Waals surface area contributed by atoms with Crippen molar-refractivity contribution in [3.8, 4) is 0 Å². The van der Waals surface area contributed by atoms with Crippen LogP contribution in [0.2, 0.25) is 0 Å². The van der Waals surface area contributed by atoms with Crippen molar-refractivity contribution < 1.29 is 0 Å². The molecule has 2 rings (SSSR count). The van der Waals surface area contributed by atoms with Crippen molar-refractivity contribution in [3.63, 3.8) is 0 Å². The van der Waals surface area contributed by atoms with E-state index in [0.717, 1.165) is 0 Å². The van der Waals surface area contributed by atoms with Crippen LogP contribution in [-0.4, -0.2) is 22.5 Å². The van der Waals surface area contributed by atoms with Crippen LogP contribution in [0.15, 0.2) is 24.4 Å². The number of rotatable bonds is 2. The highest BCUT2D eigenvalue weighted by molar-refractivity contribution is 5.10. The standard InChI is InChI=1S/C13H20N2/c1-11(2)15-10-6-4-8-13(15)12-7-3-5-9-14-12/h3,5,7,9,11,13H,4,6,8,10H2,1-2H3/t13-/m1/s1. The zero-order valence-electron chi connectivity index (χ0n) is 9.69. The van der Waals surface area contributed by atoms with Gasteiger partial charge < -0.3 is 0 Å². The van der Waals surface area contributed by atoms with E-state index in [2.05, 4.69) is 35.9 Å². The molecule has 0 bridgehead atoms. The summed E-state index contributed by atoms with van der Waals surface area (Å²) in [4.78, 5) is 7.07. The van der Waals surface area contributed by atoms with Gasteiger partial charge in [-0.15, -0.1) is 0 Å². The molecule has 0 unspecified atom stereocenters. The van der Waals surface area contributed by atoms with Crippen LogP contribution in [0.25, 0.3) is 0 Å². The van der Waals surface area contributed by atoms with Gasteiger partial charge in [0, 0.05) is 12.2 Å². The lowest BCUT2D eigenvalue weighted by molar-refractivity contribution is 0.109. The van der Waals surface area contributed by atoms with E-state index in [0.29, 0.717) is 12.1 Å². The van der Waals surface area contributed by atoms with E-state index in [1.165, 1.54) is 31.5 Å². The second kappa shape index (κ2) is 4.75. The summed E-state index contributed by atoms with van der Waals surface area (Å²) in [5, 5.41) is 0. The maximum Gasteiger partial charge on any atom is 0.0575 e. The van der Waals surface area contributed by atoms with E-state index < -0.39 is 0 Å². The highest BCUT2D eigenvalue weighted by atomic mass is 15.2. The predicted octanol–water partition coefficient (Wildman–Crippen LogP) is 3.02. The van der Waals surface area contributed by atoms with Crippen molar-refractivity contribution in [2.24, 2.45) is 0 Å². The average Bonchev–Trinajstić information content (AvgIpc) is 2.30. The van der Waals surface area contributed by atoms with Crippen molar-refractivity contribution in [2.45, 2.75) is 45.2 Å². The molecule has 0 aliphatic carbocycles. The Morgan fingerprint density at radius 3 is 2.87 bits per heavy atom. The molecule has 1 atom stereocenters. The molecule has 15 heavy (non-hydrogen) atoms. The molecule has 1 fully saturated rings. The average molecular weight is 204 g/mol. The molecule has 0 spiro atoms. The quantitative estimate of drug-likeness (QED) is 0.736. The van der Waals surface area contributed by atoms with Crippen LogP contribution in [-0.2, 0) is 0 Å². The zero-order valence-corrected chi connectivity index (χ0v) is 9.69. The van der Waals surface area contributed by atoms with Gasteiger partial charge in [0.15, 0.2) is 0 Å². The molecule has 2 heterocycles. The van der Waals surface area contributed by atoms with Crippen molar-refractivity contribution in [1.82, 2.24) is 9.88 Å². The number of hydrogen-bond acceptors (Lipinski definition) is 2. The van der Waals surface area contributed by atoms with Crippen molar-refractivity contribution >= 4 is 0 Å². The zero-order chi connectivity index (χ0) is 10.7. The minimum atomic E-state index is 0.542. The Bertz CT molecular complexity index is 295. The summed E-state index contributed by atoms with van der Waals surface area (Å²) >= 11 is 0. The summed E-state index contributed by atoms with van der Waals surface area (Å²) in [5.74, 6) is 0. The Labute approximate surface area is 92.3 Å². The molecule has 2 heteroatoms. The van der Waals surface area contributed by atoms with Crippen LogP contribution in [0.1, 0.15) is 44.8 Å². The fourth-order valence-electron chi connectivity index (χ4n) is 2.46. The first-order valence-corrected chi connectivity index (χ1v) is 5.95. The van der Waals surface area contributed by atoms with Gasteiger partial charge >= 0.3 is 0 Å². The number of aromatic nitrogens is 1. The number of hydrogen-bond donors (Lipinski definition) is 0. The van der Waals surface area contributed by atoms with Crippen LogP contribution in [0, 0.1) is 0 Å². The molecular formula is C13H20N2. The maximum atomic E-state index is 4.49. The van der Waals surface area contributed by atoms with Gasteiger partial charge in [0.2, 0.25) is 0 Å². The Morgan fingerprint density at radius 1 is 1.33 bits per heavy atom. The third-order valence-corrected chi connectivity index (χ3v) is 3.24. The maximum absolute atomic E-state index is 4.49. The summed E-state index contributed by atoms with van der Waals surface area (Å²) in [5.41, 5.74) is 1.24. The van der Waals surface area contributed by atoms with Crippen LogP contribution >= 0.6 is 0 Å². The smallest absolute Gasteiger partial charge is 0.0575 e. The Kier molecular flexibility index (Phi) is 3.37. The van der Waals surface area contributed by atoms with Crippen LogP contribution < -0.4 is 0 Å². The lowest BCUT2D eigenvalue weighted by Crippen LogP contribution is -2.38. The molecule has 0 N–H and O–H groups in total. The highest BCUT2D eigenvalue weighted by Crippen LogP contribution is 2.30. The predicted molar refractivity (Wildman–Crippen MR) is 62.7 cm³/mol. The Morgan fingerprint density at radius 2 is 2.20 bits per heavy atom. The van der Waals surface area contributed by atoms with E-state index in [4.69, 9.17) is 0 Å². The van der Waals surface area contributed by atoms with Crippen molar-refractivity contribution in [2.75, 3.05) is 6.54 Å². The topological polar surface area (TPSA) is 16.1 Å². The third-order valence-electron chi connectivity index (χ3n) is 3.24. The molecule has 0 radical (unpaired) electrons. The van der Waals surface area contributed by atoms with Gasteiger partial charge in [0.1, 0.15) is 0 Å². The van der Waals surface area contributed by atoms with E-state index in [1.54, 1.807) is 0 Å². The summed E-state index contributed by atoms with van der Waals surface area (Å²) in [6.07, 6.45) is 5.84. The molecule has 0 aromatic carbocycles. The normalized spacial score (nSPS) is 23.3. The molecular weight excluding hydrogens is 184 g/mol. The summed E-state index contributed by atoms with van der Waals surface area (Å²) in [7, 11) is 0. The lowest BCUT2D eigenvalue weighted by Gasteiger charge is -2.38. The summed E-state index contributed by atoms with van der Waals surface area (Å²) in [6, 6.07) is 7.41. The van der Waals surface area contributed by atoms with Crippen LogP contribution in [0.4, 0.5) is 0 Å². The first-order chi connectivity index (χ1) is 7.29. The van der Waals surface area contributed by atoms with E-state index >= 15 is 0 Å². The van der Waals surface area contributed by atoms with Gasteiger partial charge in [-0.25, -0.2) is 0 Å². The lowest BCUT2D eigenvalue weighted by atomic mass is 9.97. The summed E-state index contributed by atoms with van der Waals surface area (Å²) in [6.45, 7) is 5.78. The first kappa shape index (κ1) is 10.6. The fourth-order valence-corrected chi connectivity index (χ4v) is 2.46. The van der Waals surface area contributed by atoms with Crippen LogP contribution in [0.5, 0.6) is 0 Å². The second-order valence-electron chi connectivity index (χ2n) is 4.60. The van der Waals surface area contributed by atoms with Gasteiger partial charge in [-0.05, 0) is 45.4 Å². The van der Waals surface area contributed by atoms with Crippen molar-refractivity contribution in [1.29, 1.82) is 0 Å². The molecule has 1 aromatic heterocycles. The van der Waals surface area contributed by atoms with Crippen molar-refractivity contribution in [3.05, 3.63) is 30.1 Å². The van der Waals surface area contributed by atoms with Gasteiger partial charge in [-0.2, -0.15) is 0 Å². The number of nitrogens with zero attached hydrogens (tertiary/aromatic N) is 2. The van der Waals surface area contributed by atoms with E-state index in [9.17, 15) is 0 Å². The number of likely N-dealkylation sites (tertiary alicyclic amines) is 1. The van der Waals surface area contributed by atoms with Gasteiger partial charge in [-0.1, -0.05) is 12.5 Å². The molecule has 0 amide bonds. The Balaban J connectivity index is 2.18. The molecule has 82 valence electrons. The molecule has 2 nitrogen and oxygen atoms in total. The summed E-state index contributed by atoms with van der Waals surface area (Å²) < 4.78 is 0. The number of pyridine rings is 1. The highest BCUT2D eigenvalue weighted by Gasteiger charge is 2.26. The molecule has 1 saturated heterocycles. The largest absolute Gasteiger partial charge is 0.292 e. The van der Waals surface area contributed by atoms with E-state index in [1.807, 2.05) is 12.3 Å². The first-order valence-electron chi connectivity index (χ1n) is 5.95. The van der Waals surface area contributed by atoms with Gasteiger partial charge in [0.25, 0.3) is 0 Å². The van der Waals surface area contributed by atoms with E-state index in [-0.39, 0.29) is 0 Å². The molecule has 1 aromatic rings. The minimum Gasteiger partial charge on any atom is -0.292 e. The van der Waals surface area contributed by atoms with Gasteiger partial charge in [0.05, 0.1) is 11.7 Å². The fraction of sp³-hybridized carbons (Fsp3) is 0.615. The monoisotopic (exact) mass is 204 g/mol. The minimum absolute atomic E-state index is 0.542. The van der Waals surface area contributed by atoms with Gasteiger partial charge in [-0.3, -0.25) is 9.88 Å². The molecule has 0 saturated carbocycles. The number of piperidine rings is 1. The SMILES string of the molecule is CC(C)N1CCCC[C@@H]1c1ccccn1. The molecule has 1 aliphatic heterocycles. The Hall–Kier alpha value is -0.890. The second-order valence-corrected chi connectivity index (χ2v) is 4.60. The van der Waals surface area contributed by atoms with Crippen LogP contribution in [0.3, 0.4) is 0 Å².